The Hall–Kier alpha value is -1.66. The van der Waals surface area contributed by atoms with Crippen LogP contribution in [0.4, 0.5) is 0 Å². The zero-order valence-corrected chi connectivity index (χ0v) is 12.3. The van der Waals surface area contributed by atoms with Crippen molar-refractivity contribution in [2.75, 3.05) is 13.7 Å². The number of hydrogen-bond donors (Lipinski definition) is 0. The van der Waals surface area contributed by atoms with Gasteiger partial charge in [0.2, 0.25) is 10.0 Å². The maximum atomic E-state index is 12.7. The van der Waals surface area contributed by atoms with E-state index in [0.29, 0.717) is 12.0 Å². The number of carbonyl (C=O) groups is 1. The summed E-state index contributed by atoms with van der Waals surface area (Å²) in [5.41, 5.74) is 1.37. The number of benzene rings is 1. The number of ether oxygens (including phenoxy) is 1. The third kappa shape index (κ3) is 2.36. The first-order chi connectivity index (χ1) is 9.39. The topological polar surface area (TPSA) is 63.7 Å². The lowest BCUT2D eigenvalue weighted by molar-refractivity contribution is -0.144. The zero-order valence-electron chi connectivity index (χ0n) is 11.5. The highest BCUT2D eigenvalue weighted by Gasteiger charge is 2.36. The van der Waals surface area contributed by atoms with Gasteiger partial charge in [-0.15, -0.1) is 0 Å². The average Bonchev–Trinajstić information content (AvgIpc) is 2.54. The van der Waals surface area contributed by atoms with Gasteiger partial charge in [0.1, 0.15) is 6.04 Å². The van der Waals surface area contributed by atoms with Crippen LogP contribution < -0.4 is 0 Å². The molecular formula is C14H17NO4S. The molecule has 20 heavy (non-hydrogen) atoms. The maximum Gasteiger partial charge on any atom is 0.323 e. The Kier molecular flexibility index (Phi) is 3.96. The van der Waals surface area contributed by atoms with Gasteiger partial charge in [-0.1, -0.05) is 24.8 Å². The summed E-state index contributed by atoms with van der Waals surface area (Å²) in [6.45, 7) is 5.67. The van der Waals surface area contributed by atoms with E-state index in [4.69, 9.17) is 0 Å². The van der Waals surface area contributed by atoms with Crippen LogP contribution in [0.1, 0.15) is 18.9 Å². The lowest BCUT2D eigenvalue weighted by Gasteiger charge is -2.24. The first kappa shape index (κ1) is 14.7. The third-order valence-electron chi connectivity index (χ3n) is 3.46. The van der Waals surface area contributed by atoms with E-state index < -0.39 is 22.0 Å². The Morgan fingerprint density at radius 3 is 2.70 bits per heavy atom. The molecule has 0 fully saturated rings. The van der Waals surface area contributed by atoms with Crippen LogP contribution in [0, 0.1) is 0 Å². The van der Waals surface area contributed by atoms with E-state index in [2.05, 4.69) is 11.3 Å². The van der Waals surface area contributed by atoms with E-state index in [9.17, 15) is 13.2 Å². The molecule has 0 bridgehead atoms. The molecule has 0 N–H and O–H groups in total. The van der Waals surface area contributed by atoms with E-state index in [1.807, 2.05) is 0 Å². The fourth-order valence-corrected chi connectivity index (χ4v) is 4.13. The highest BCUT2D eigenvalue weighted by molar-refractivity contribution is 7.89. The Morgan fingerprint density at radius 1 is 1.40 bits per heavy atom. The largest absolute Gasteiger partial charge is 0.468 e. The van der Waals surface area contributed by atoms with Gasteiger partial charge in [0.05, 0.1) is 12.0 Å². The van der Waals surface area contributed by atoms with Crippen molar-refractivity contribution < 1.29 is 17.9 Å². The summed E-state index contributed by atoms with van der Waals surface area (Å²) in [6.07, 6.45) is 0.484. The summed E-state index contributed by atoms with van der Waals surface area (Å²) in [7, 11) is -2.49. The molecule has 1 atom stereocenters. The molecule has 1 aromatic carbocycles. The maximum absolute atomic E-state index is 12.7. The minimum Gasteiger partial charge on any atom is -0.468 e. The van der Waals surface area contributed by atoms with Gasteiger partial charge in [-0.25, -0.2) is 8.42 Å². The number of fused-ring (bicyclic) bond motifs is 1. The fourth-order valence-electron chi connectivity index (χ4n) is 2.30. The standard InChI is InChI=1S/C14H17NO4S/c1-10-8-9-15(11(2)14(16)19-3)20(17,18)13-7-5-4-6-12(10)13/h4-7,11H,1,8-9H2,2-3H3/t11-/m1/s1. The molecule has 0 spiro atoms. The van der Waals surface area contributed by atoms with Crippen LogP contribution in [0.15, 0.2) is 35.7 Å². The summed E-state index contributed by atoms with van der Waals surface area (Å²) < 4.78 is 31.2. The number of methoxy groups -OCH3 is 1. The molecule has 6 heteroatoms. The first-order valence-electron chi connectivity index (χ1n) is 6.26. The third-order valence-corrected chi connectivity index (χ3v) is 5.49. The second-order valence-corrected chi connectivity index (χ2v) is 6.52. The molecular weight excluding hydrogens is 278 g/mol. The van der Waals surface area contributed by atoms with E-state index >= 15 is 0 Å². The van der Waals surface area contributed by atoms with E-state index in [1.165, 1.54) is 24.4 Å². The van der Waals surface area contributed by atoms with Crippen molar-refractivity contribution in [3.63, 3.8) is 0 Å². The molecule has 2 rings (SSSR count). The van der Waals surface area contributed by atoms with Gasteiger partial charge in [0.25, 0.3) is 0 Å². The van der Waals surface area contributed by atoms with Crippen molar-refractivity contribution in [3.05, 3.63) is 36.4 Å². The molecule has 1 aromatic rings. The molecule has 1 aliphatic heterocycles. The smallest absolute Gasteiger partial charge is 0.323 e. The second-order valence-electron chi connectivity index (χ2n) is 4.66. The minimum absolute atomic E-state index is 0.193. The van der Waals surface area contributed by atoms with Crippen molar-refractivity contribution in [1.82, 2.24) is 4.31 Å². The van der Waals surface area contributed by atoms with Crippen LogP contribution >= 0.6 is 0 Å². The molecule has 0 aliphatic carbocycles. The first-order valence-corrected chi connectivity index (χ1v) is 7.70. The number of carbonyl (C=O) groups excluding carboxylic acids is 1. The van der Waals surface area contributed by atoms with Crippen LogP contribution in [0.25, 0.3) is 5.57 Å². The van der Waals surface area contributed by atoms with Gasteiger partial charge >= 0.3 is 5.97 Å². The van der Waals surface area contributed by atoms with Gasteiger partial charge in [-0.2, -0.15) is 4.31 Å². The Bertz CT molecular complexity index is 651. The average molecular weight is 295 g/mol. The highest BCUT2D eigenvalue weighted by atomic mass is 32.2. The lowest BCUT2D eigenvalue weighted by atomic mass is 10.0. The Labute approximate surface area is 118 Å². The molecule has 0 saturated carbocycles. The van der Waals surface area contributed by atoms with Crippen LogP contribution in [-0.4, -0.2) is 38.4 Å². The number of nitrogens with zero attached hydrogens (tertiary/aromatic N) is 1. The predicted octanol–water partition coefficient (Wildman–Crippen LogP) is 1.66. The minimum atomic E-state index is -3.73. The quantitative estimate of drug-likeness (QED) is 0.778. The summed E-state index contributed by atoms with van der Waals surface area (Å²) in [6, 6.07) is 5.86. The molecule has 0 unspecified atom stereocenters. The number of sulfonamides is 1. The van der Waals surface area contributed by atoms with Crippen LogP contribution in [0.2, 0.25) is 0 Å². The molecule has 0 amide bonds. The molecule has 0 radical (unpaired) electrons. The predicted molar refractivity (Wildman–Crippen MR) is 75.5 cm³/mol. The van der Waals surface area contributed by atoms with Gasteiger partial charge in [-0.3, -0.25) is 4.79 Å². The van der Waals surface area contributed by atoms with Gasteiger partial charge in [-0.05, 0) is 30.5 Å². The van der Waals surface area contributed by atoms with E-state index in [0.717, 1.165) is 5.57 Å². The molecule has 0 aromatic heterocycles. The summed E-state index contributed by atoms with van der Waals surface area (Å²) in [5.74, 6) is -0.571. The van der Waals surface area contributed by atoms with Gasteiger partial charge < -0.3 is 4.74 Å². The van der Waals surface area contributed by atoms with E-state index in [1.54, 1.807) is 18.2 Å². The molecule has 108 valence electrons. The fraction of sp³-hybridized carbons (Fsp3) is 0.357. The second kappa shape index (κ2) is 5.38. The summed E-state index contributed by atoms with van der Waals surface area (Å²) in [5, 5.41) is 0. The van der Waals surface area contributed by atoms with Crippen LogP contribution in [0.3, 0.4) is 0 Å². The molecule has 1 aliphatic rings. The summed E-state index contributed by atoms with van der Waals surface area (Å²) in [4.78, 5) is 11.8. The molecule has 0 saturated heterocycles. The van der Waals surface area contributed by atoms with E-state index in [-0.39, 0.29) is 11.4 Å². The van der Waals surface area contributed by atoms with Gasteiger partial charge in [0, 0.05) is 6.54 Å². The van der Waals surface area contributed by atoms with Crippen molar-refractivity contribution in [2.24, 2.45) is 0 Å². The SMILES string of the molecule is C=C1CCN([C@H](C)C(=O)OC)S(=O)(=O)c2ccccc21. The number of hydrogen-bond acceptors (Lipinski definition) is 4. The summed E-state index contributed by atoms with van der Waals surface area (Å²) >= 11 is 0. The van der Waals surface area contributed by atoms with Gasteiger partial charge in [0.15, 0.2) is 0 Å². The van der Waals surface area contributed by atoms with Crippen molar-refractivity contribution in [1.29, 1.82) is 0 Å². The Morgan fingerprint density at radius 2 is 2.05 bits per heavy atom. The Balaban J connectivity index is 2.55. The number of rotatable bonds is 2. The molecule has 5 nitrogen and oxygen atoms in total. The van der Waals surface area contributed by atoms with Crippen molar-refractivity contribution in [2.45, 2.75) is 24.3 Å². The normalized spacial score (nSPS) is 19.8. The van der Waals surface area contributed by atoms with Crippen molar-refractivity contribution in [3.8, 4) is 0 Å². The monoisotopic (exact) mass is 295 g/mol. The zero-order chi connectivity index (χ0) is 14.9. The molecule has 1 heterocycles. The lowest BCUT2D eigenvalue weighted by Crippen LogP contribution is -2.43. The number of esters is 1. The van der Waals surface area contributed by atoms with Crippen molar-refractivity contribution >= 4 is 21.6 Å². The highest BCUT2D eigenvalue weighted by Crippen LogP contribution is 2.32. The van der Waals surface area contributed by atoms with Crippen LogP contribution in [0.5, 0.6) is 0 Å². The van der Waals surface area contributed by atoms with Crippen LogP contribution in [-0.2, 0) is 19.6 Å².